The van der Waals surface area contributed by atoms with Crippen LogP contribution in [0.25, 0.3) is 0 Å². The summed E-state index contributed by atoms with van der Waals surface area (Å²) in [5.74, 6) is 2.35. The average molecular weight is 448 g/mol. The molecule has 0 aromatic heterocycles. The van der Waals surface area contributed by atoms with Crippen LogP contribution in [0.2, 0.25) is 0 Å². The molecular weight excluding hydrogens is 406 g/mol. The zero-order valence-corrected chi connectivity index (χ0v) is 20.1. The molecule has 0 bridgehead atoms. The van der Waals surface area contributed by atoms with E-state index in [0.29, 0.717) is 0 Å². The van der Waals surface area contributed by atoms with Gasteiger partial charge in [0.2, 0.25) is 0 Å². The van der Waals surface area contributed by atoms with Gasteiger partial charge >= 0.3 is 0 Å². The highest BCUT2D eigenvalue weighted by molar-refractivity contribution is 5.79. The Morgan fingerprint density at radius 2 is 1.78 bits per heavy atom. The van der Waals surface area contributed by atoms with Crippen LogP contribution in [0, 0.1) is 0 Å². The highest BCUT2D eigenvalue weighted by Crippen LogP contribution is 2.32. The Hall–Kier alpha value is -2.03. The molecule has 1 atom stereocenters. The first-order valence-electron chi connectivity index (χ1n) is 12.0. The van der Waals surface area contributed by atoms with Gasteiger partial charge in [-0.25, -0.2) is 0 Å². The van der Waals surface area contributed by atoms with E-state index in [0.717, 1.165) is 63.3 Å². The van der Waals surface area contributed by atoms with Crippen molar-refractivity contribution in [2.45, 2.75) is 31.7 Å². The first-order chi connectivity index (χ1) is 15.7. The van der Waals surface area contributed by atoms with E-state index < -0.39 is 0 Å². The lowest BCUT2D eigenvalue weighted by atomic mass is 10.0. The van der Waals surface area contributed by atoms with E-state index in [4.69, 9.17) is 14.2 Å². The minimum absolute atomic E-state index is 0.187. The van der Waals surface area contributed by atoms with Gasteiger partial charge in [0.05, 0.1) is 33.5 Å². The molecule has 8 nitrogen and oxygen atoms in total. The predicted octanol–water partition coefficient (Wildman–Crippen LogP) is 2.12. The fraction of sp³-hybridized carbons (Fsp3) is 0.708. The van der Waals surface area contributed by atoms with Gasteiger partial charge < -0.3 is 29.7 Å². The first kappa shape index (κ1) is 24.6. The predicted molar refractivity (Wildman–Crippen MR) is 129 cm³/mol. The topological polar surface area (TPSA) is 70.6 Å². The summed E-state index contributed by atoms with van der Waals surface area (Å²) >= 11 is 0. The lowest BCUT2D eigenvalue weighted by Gasteiger charge is -2.35. The summed E-state index contributed by atoms with van der Waals surface area (Å²) in [4.78, 5) is 9.46. The third-order valence-electron chi connectivity index (χ3n) is 6.36. The molecule has 2 aliphatic rings. The van der Waals surface area contributed by atoms with Crippen molar-refractivity contribution in [3.05, 3.63) is 23.8 Å². The lowest BCUT2D eigenvalue weighted by molar-refractivity contribution is 0.0169. The van der Waals surface area contributed by atoms with Gasteiger partial charge in [-0.3, -0.25) is 9.89 Å². The van der Waals surface area contributed by atoms with Gasteiger partial charge in [-0.05, 0) is 63.0 Å². The van der Waals surface area contributed by atoms with Gasteiger partial charge in [0.1, 0.15) is 0 Å². The minimum Gasteiger partial charge on any atom is -0.493 e. The van der Waals surface area contributed by atoms with Gasteiger partial charge in [0.25, 0.3) is 0 Å². The SMILES string of the molecule is CN=C(NCCCCN1CCCC1)NCC(c1ccc(OC)c(OC)c1)N1CCOCC1. The Balaban J connectivity index is 1.54. The van der Waals surface area contributed by atoms with Crippen LogP contribution in [0.3, 0.4) is 0 Å². The molecule has 8 heteroatoms. The largest absolute Gasteiger partial charge is 0.493 e. The van der Waals surface area contributed by atoms with E-state index in [9.17, 15) is 0 Å². The van der Waals surface area contributed by atoms with E-state index >= 15 is 0 Å². The maximum absolute atomic E-state index is 5.58. The van der Waals surface area contributed by atoms with Crippen molar-refractivity contribution in [2.75, 3.05) is 80.3 Å². The molecule has 2 saturated heterocycles. The van der Waals surface area contributed by atoms with Crippen LogP contribution in [0.4, 0.5) is 0 Å². The monoisotopic (exact) mass is 447 g/mol. The molecule has 2 heterocycles. The number of hydrogen-bond donors (Lipinski definition) is 2. The molecule has 0 spiro atoms. The summed E-state index contributed by atoms with van der Waals surface area (Å²) in [6.45, 7) is 8.78. The number of guanidine groups is 1. The van der Waals surface area contributed by atoms with Crippen molar-refractivity contribution in [1.82, 2.24) is 20.4 Å². The van der Waals surface area contributed by atoms with Crippen LogP contribution in [-0.2, 0) is 4.74 Å². The number of likely N-dealkylation sites (tertiary alicyclic amines) is 1. The van der Waals surface area contributed by atoms with Crippen LogP contribution in [-0.4, -0.2) is 96.1 Å². The van der Waals surface area contributed by atoms with E-state index in [1.54, 1.807) is 14.2 Å². The summed E-state index contributed by atoms with van der Waals surface area (Å²) < 4.78 is 16.5. The van der Waals surface area contributed by atoms with Gasteiger partial charge in [0, 0.05) is 33.2 Å². The van der Waals surface area contributed by atoms with Gasteiger partial charge in [-0.2, -0.15) is 0 Å². The third kappa shape index (κ3) is 7.25. The Kier molecular flexibility index (Phi) is 10.4. The molecule has 3 rings (SSSR count). The first-order valence-corrected chi connectivity index (χ1v) is 12.0. The highest BCUT2D eigenvalue weighted by Gasteiger charge is 2.24. The van der Waals surface area contributed by atoms with Gasteiger partial charge in [-0.15, -0.1) is 0 Å². The number of nitrogens with zero attached hydrogens (tertiary/aromatic N) is 3. The zero-order chi connectivity index (χ0) is 22.6. The Labute approximate surface area is 193 Å². The Bertz CT molecular complexity index is 703. The molecule has 2 N–H and O–H groups in total. The number of hydrogen-bond acceptors (Lipinski definition) is 6. The molecule has 1 unspecified atom stereocenters. The standard InChI is InChI=1S/C24H41N5O3/c1-25-24(26-10-4-5-11-28-12-6-7-13-28)27-19-21(29-14-16-32-17-15-29)20-8-9-22(30-2)23(18-20)31-3/h8-9,18,21H,4-7,10-17,19H2,1-3H3,(H2,25,26,27). The van der Waals surface area contributed by atoms with E-state index in [1.807, 2.05) is 13.1 Å². The smallest absolute Gasteiger partial charge is 0.191 e. The van der Waals surface area contributed by atoms with Crippen LogP contribution in [0.5, 0.6) is 11.5 Å². The number of ether oxygens (including phenoxy) is 3. The van der Waals surface area contributed by atoms with Crippen molar-refractivity contribution in [2.24, 2.45) is 4.99 Å². The quantitative estimate of drug-likeness (QED) is 0.306. The summed E-state index contributed by atoms with van der Waals surface area (Å²) in [7, 11) is 5.18. The van der Waals surface area contributed by atoms with Crippen LogP contribution in [0.1, 0.15) is 37.3 Å². The molecule has 2 fully saturated rings. The fourth-order valence-electron chi connectivity index (χ4n) is 4.49. The Morgan fingerprint density at radius 3 is 2.47 bits per heavy atom. The normalized spacial score (nSPS) is 19.0. The highest BCUT2D eigenvalue weighted by atomic mass is 16.5. The average Bonchev–Trinajstić information content (AvgIpc) is 3.36. The summed E-state index contributed by atoms with van der Waals surface area (Å²) in [6, 6.07) is 6.37. The number of methoxy groups -OCH3 is 2. The second kappa shape index (κ2) is 13.5. The van der Waals surface area contributed by atoms with Gasteiger partial charge in [-0.1, -0.05) is 6.07 Å². The fourth-order valence-corrected chi connectivity index (χ4v) is 4.49. The number of benzene rings is 1. The molecule has 0 radical (unpaired) electrons. The molecule has 180 valence electrons. The minimum atomic E-state index is 0.187. The number of nitrogens with one attached hydrogen (secondary N) is 2. The van der Waals surface area contributed by atoms with Crippen LogP contribution >= 0.6 is 0 Å². The molecule has 32 heavy (non-hydrogen) atoms. The second-order valence-electron chi connectivity index (χ2n) is 8.41. The molecule has 0 saturated carbocycles. The van der Waals surface area contributed by atoms with E-state index in [1.165, 1.54) is 44.5 Å². The van der Waals surface area contributed by atoms with Gasteiger partial charge in [0.15, 0.2) is 17.5 Å². The van der Waals surface area contributed by atoms with E-state index in [2.05, 4.69) is 37.6 Å². The molecule has 0 aliphatic carbocycles. The van der Waals surface area contributed by atoms with Crippen molar-refractivity contribution in [3.63, 3.8) is 0 Å². The van der Waals surface area contributed by atoms with Crippen molar-refractivity contribution >= 4 is 5.96 Å². The van der Waals surface area contributed by atoms with Crippen molar-refractivity contribution in [1.29, 1.82) is 0 Å². The third-order valence-corrected chi connectivity index (χ3v) is 6.36. The van der Waals surface area contributed by atoms with Crippen LogP contribution in [0.15, 0.2) is 23.2 Å². The molecular formula is C24H41N5O3. The maximum atomic E-state index is 5.58. The maximum Gasteiger partial charge on any atom is 0.191 e. The lowest BCUT2D eigenvalue weighted by Crippen LogP contribution is -2.46. The number of aliphatic imine (C=N–C) groups is 1. The van der Waals surface area contributed by atoms with E-state index in [-0.39, 0.29) is 6.04 Å². The molecule has 2 aliphatic heterocycles. The molecule has 1 aromatic rings. The molecule has 1 aromatic carbocycles. The van der Waals surface area contributed by atoms with Crippen molar-refractivity contribution < 1.29 is 14.2 Å². The Morgan fingerprint density at radius 1 is 1.03 bits per heavy atom. The number of morpholine rings is 1. The summed E-state index contributed by atoms with van der Waals surface area (Å²) in [5, 5.41) is 7.02. The number of unbranched alkanes of at least 4 members (excludes halogenated alkanes) is 1. The summed E-state index contributed by atoms with van der Waals surface area (Å²) in [6.07, 6.45) is 5.10. The summed E-state index contributed by atoms with van der Waals surface area (Å²) in [5.41, 5.74) is 1.19. The second-order valence-corrected chi connectivity index (χ2v) is 8.41. The zero-order valence-electron chi connectivity index (χ0n) is 20.1. The van der Waals surface area contributed by atoms with Crippen LogP contribution < -0.4 is 20.1 Å². The molecule has 0 amide bonds. The number of rotatable bonds is 11. The van der Waals surface area contributed by atoms with Crippen molar-refractivity contribution in [3.8, 4) is 11.5 Å².